The standard InChI is InChI=1S/C20H26N4O4/c1-23(2)20-21-15(11-18(25)22-20)14-7-8-24(12-14)19(26)10-13-5-6-16(27-3)17(9-13)28-4/h5-6,9,11,14H,7-8,10,12H2,1-4H3,(H,21,22,25)/t14-/m0/s1. The van der Waals surface area contributed by atoms with Crippen LogP contribution in [0.1, 0.15) is 23.6 Å². The average molecular weight is 386 g/mol. The number of ether oxygens (including phenoxy) is 2. The van der Waals surface area contributed by atoms with Crippen LogP contribution in [0.15, 0.2) is 29.1 Å². The van der Waals surface area contributed by atoms with Crippen LogP contribution in [-0.2, 0) is 11.2 Å². The minimum Gasteiger partial charge on any atom is -0.493 e. The van der Waals surface area contributed by atoms with Crippen LogP contribution in [0.4, 0.5) is 5.95 Å². The van der Waals surface area contributed by atoms with Crippen molar-refractivity contribution < 1.29 is 14.3 Å². The molecule has 0 spiro atoms. The van der Waals surface area contributed by atoms with Gasteiger partial charge >= 0.3 is 0 Å². The summed E-state index contributed by atoms with van der Waals surface area (Å²) in [7, 11) is 6.81. The van der Waals surface area contributed by atoms with Gasteiger partial charge < -0.3 is 19.3 Å². The molecule has 0 bridgehead atoms. The lowest BCUT2D eigenvalue weighted by Gasteiger charge is -2.18. The van der Waals surface area contributed by atoms with Gasteiger partial charge in [-0.3, -0.25) is 14.6 Å². The summed E-state index contributed by atoms with van der Waals surface area (Å²) in [4.78, 5) is 35.5. The Morgan fingerprint density at radius 3 is 2.68 bits per heavy atom. The summed E-state index contributed by atoms with van der Waals surface area (Å²) in [5.41, 5.74) is 1.42. The van der Waals surface area contributed by atoms with Gasteiger partial charge in [0, 0.05) is 39.2 Å². The van der Waals surface area contributed by atoms with Crippen LogP contribution in [0, 0.1) is 0 Å². The van der Waals surface area contributed by atoms with E-state index >= 15 is 0 Å². The number of carbonyl (C=O) groups is 1. The van der Waals surface area contributed by atoms with Crippen molar-refractivity contribution in [2.24, 2.45) is 0 Å². The molecule has 1 aromatic heterocycles. The molecule has 2 heterocycles. The second-order valence-electron chi connectivity index (χ2n) is 7.08. The highest BCUT2D eigenvalue weighted by atomic mass is 16.5. The zero-order valence-electron chi connectivity index (χ0n) is 16.7. The zero-order chi connectivity index (χ0) is 20.3. The Hall–Kier alpha value is -3.03. The molecule has 1 aliphatic heterocycles. The first-order valence-corrected chi connectivity index (χ1v) is 9.18. The Kier molecular flexibility index (Phi) is 5.87. The van der Waals surface area contributed by atoms with Crippen molar-refractivity contribution in [3.63, 3.8) is 0 Å². The first kappa shape index (κ1) is 19.7. The molecule has 8 heteroatoms. The summed E-state index contributed by atoms with van der Waals surface area (Å²) < 4.78 is 10.5. The molecule has 1 aromatic carbocycles. The summed E-state index contributed by atoms with van der Waals surface area (Å²) in [5.74, 6) is 1.88. The predicted molar refractivity (Wildman–Crippen MR) is 106 cm³/mol. The maximum atomic E-state index is 12.7. The van der Waals surface area contributed by atoms with Crippen molar-refractivity contribution in [2.75, 3.05) is 46.3 Å². The monoisotopic (exact) mass is 386 g/mol. The number of H-pyrrole nitrogens is 1. The molecule has 1 N–H and O–H groups in total. The van der Waals surface area contributed by atoms with Gasteiger partial charge in [0.2, 0.25) is 11.9 Å². The van der Waals surface area contributed by atoms with Gasteiger partial charge in [0.25, 0.3) is 5.56 Å². The van der Waals surface area contributed by atoms with Crippen molar-refractivity contribution >= 4 is 11.9 Å². The number of benzene rings is 1. The van der Waals surface area contributed by atoms with Crippen LogP contribution >= 0.6 is 0 Å². The van der Waals surface area contributed by atoms with Crippen LogP contribution in [0.3, 0.4) is 0 Å². The van der Waals surface area contributed by atoms with Crippen LogP contribution in [-0.4, -0.2) is 62.2 Å². The first-order chi connectivity index (χ1) is 13.4. The maximum absolute atomic E-state index is 12.7. The van der Waals surface area contributed by atoms with Crippen LogP contribution in [0.25, 0.3) is 0 Å². The van der Waals surface area contributed by atoms with Gasteiger partial charge in [-0.1, -0.05) is 6.07 Å². The van der Waals surface area contributed by atoms with E-state index in [-0.39, 0.29) is 17.4 Å². The van der Waals surface area contributed by atoms with E-state index in [1.54, 1.807) is 25.2 Å². The fraction of sp³-hybridized carbons (Fsp3) is 0.450. The minimum absolute atomic E-state index is 0.0485. The van der Waals surface area contributed by atoms with E-state index in [2.05, 4.69) is 9.97 Å². The molecule has 0 saturated carbocycles. The van der Waals surface area contributed by atoms with Gasteiger partial charge in [-0.25, -0.2) is 4.98 Å². The van der Waals surface area contributed by atoms with Crippen molar-refractivity contribution in [1.29, 1.82) is 0 Å². The van der Waals surface area contributed by atoms with Crippen molar-refractivity contribution in [1.82, 2.24) is 14.9 Å². The fourth-order valence-corrected chi connectivity index (χ4v) is 3.39. The van der Waals surface area contributed by atoms with Gasteiger partial charge in [-0.15, -0.1) is 0 Å². The van der Waals surface area contributed by atoms with Crippen LogP contribution < -0.4 is 19.9 Å². The number of methoxy groups -OCH3 is 2. The molecule has 1 atom stereocenters. The fourth-order valence-electron chi connectivity index (χ4n) is 3.39. The Morgan fingerprint density at radius 1 is 1.25 bits per heavy atom. The van der Waals surface area contributed by atoms with Gasteiger partial charge in [0.1, 0.15) is 0 Å². The van der Waals surface area contributed by atoms with Crippen molar-refractivity contribution in [3.05, 3.63) is 45.9 Å². The maximum Gasteiger partial charge on any atom is 0.252 e. The number of likely N-dealkylation sites (tertiary alicyclic amines) is 1. The van der Waals surface area contributed by atoms with E-state index in [1.807, 2.05) is 31.1 Å². The summed E-state index contributed by atoms with van der Waals surface area (Å²) in [6.07, 6.45) is 1.08. The van der Waals surface area contributed by atoms with Gasteiger partial charge in [0.15, 0.2) is 11.5 Å². The number of hydrogen-bond donors (Lipinski definition) is 1. The first-order valence-electron chi connectivity index (χ1n) is 9.18. The summed E-state index contributed by atoms with van der Waals surface area (Å²) in [6, 6.07) is 7.03. The molecule has 1 amide bonds. The molecule has 1 saturated heterocycles. The van der Waals surface area contributed by atoms with E-state index < -0.39 is 0 Å². The Balaban J connectivity index is 1.69. The second kappa shape index (κ2) is 8.33. The third-order valence-electron chi connectivity index (χ3n) is 4.94. The second-order valence-corrected chi connectivity index (χ2v) is 7.08. The number of rotatable bonds is 6. The molecule has 150 valence electrons. The molecular formula is C20H26N4O4. The third-order valence-corrected chi connectivity index (χ3v) is 4.94. The number of hydrogen-bond acceptors (Lipinski definition) is 6. The average Bonchev–Trinajstić information content (AvgIpc) is 3.17. The smallest absolute Gasteiger partial charge is 0.252 e. The number of carbonyl (C=O) groups excluding carboxylic acids is 1. The Morgan fingerprint density at radius 2 is 2.00 bits per heavy atom. The number of nitrogens with one attached hydrogen (secondary N) is 1. The van der Waals surface area contributed by atoms with Gasteiger partial charge in [-0.2, -0.15) is 0 Å². The SMILES string of the molecule is COc1ccc(CC(=O)N2CC[C@H](c3cc(=O)[nH]c(N(C)C)n3)C2)cc1OC. The van der Waals surface area contributed by atoms with Crippen LogP contribution in [0.5, 0.6) is 11.5 Å². The van der Waals surface area contributed by atoms with E-state index in [9.17, 15) is 9.59 Å². The van der Waals surface area contributed by atoms with E-state index in [4.69, 9.17) is 9.47 Å². The largest absolute Gasteiger partial charge is 0.493 e. The van der Waals surface area contributed by atoms with Crippen LogP contribution in [0.2, 0.25) is 0 Å². The summed E-state index contributed by atoms with van der Waals surface area (Å²) >= 11 is 0. The predicted octanol–water partition coefficient (Wildman–Crippen LogP) is 1.41. The molecule has 2 aromatic rings. The lowest BCUT2D eigenvalue weighted by atomic mass is 10.0. The lowest BCUT2D eigenvalue weighted by molar-refractivity contribution is -0.129. The molecule has 3 rings (SSSR count). The minimum atomic E-state index is -0.177. The quantitative estimate of drug-likeness (QED) is 0.808. The number of aromatic amines is 1. The molecule has 0 unspecified atom stereocenters. The number of amides is 1. The zero-order valence-corrected chi connectivity index (χ0v) is 16.7. The molecule has 8 nitrogen and oxygen atoms in total. The summed E-state index contributed by atoms with van der Waals surface area (Å²) in [5, 5.41) is 0. The highest BCUT2D eigenvalue weighted by Crippen LogP contribution is 2.29. The van der Waals surface area contributed by atoms with E-state index in [0.29, 0.717) is 37.0 Å². The highest BCUT2D eigenvalue weighted by molar-refractivity contribution is 5.79. The topological polar surface area (TPSA) is 87.8 Å². The Bertz CT molecular complexity index is 909. The lowest BCUT2D eigenvalue weighted by Crippen LogP contribution is -2.30. The molecule has 0 radical (unpaired) electrons. The molecule has 1 aliphatic rings. The normalized spacial score (nSPS) is 16.1. The Labute approximate surface area is 164 Å². The van der Waals surface area contributed by atoms with Crippen molar-refractivity contribution in [3.8, 4) is 11.5 Å². The summed E-state index contributed by atoms with van der Waals surface area (Å²) in [6.45, 7) is 1.22. The number of anilines is 1. The van der Waals surface area contributed by atoms with E-state index in [1.165, 1.54) is 6.07 Å². The highest BCUT2D eigenvalue weighted by Gasteiger charge is 2.29. The molecule has 28 heavy (non-hydrogen) atoms. The third kappa shape index (κ3) is 4.27. The van der Waals surface area contributed by atoms with E-state index in [0.717, 1.165) is 17.7 Å². The number of nitrogens with zero attached hydrogens (tertiary/aromatic N) is 3. The van der Waals surface area contributed by atoms with Crippen molar-refractivity contribution in [2.45, 2.75) is 18.8 Å². The number of aromatic nitrogens is 2. The molecular weight excluding hydrogens is 360 g/mol. The molecule has 0 aliphatic carbocycles. The molecule has 1 fully saturated rings. The van der Waals surface area contributed by atoms with Gasteiger partial charge in [-0.05, 0) is 24.1 Å². The van der Waals surface area contributed by atoms with Gasteiger partial charge in [0.05, 0.1) is 26.3 Å².